The molecule has 1 aromatic carbocycles. The molecular formula is C19H28N2O2. The molecule has 2 rings (SSSR count). The Morgan fingerprint density at radius 1 is 1.43 bits per heavy atom. The van der Waals surface area contributed by atoms with E-state index in [0.29, 0.717) is 0 Å². The minimum absolute atomic E-state index is 0.0529. The molecule has 1 aliphatic rings. The van der Waals surface area contributed by atoms with E-state index in [2.05, 4.69) is 17.1 Å². The number of carbonyl (C=O) groups is 1. The Kier molecular flexibility index (Phi) is 7.14. The van der Waals surface area contributed by atoms with Crippen LogP contribution in [0.5, 0.6) is 5.75 Å². The third kappa shape index (κ3) is 6.06. The lowest BCUT2D eigenvalue weighted by Gasteiger charge is -2.30. The van der Waals surface area contributed by atoms with Crippen molar-refractivity contribution in [1.82, 2.24) is 10.2 Å². The third-order valence-electron chi connectivity index (χ3n) is 4.24. The summed E-state index contributed by atoms with van der Waals surface area (Å²) in [5.41, 5.74) is 0.910. The Bertz CT molecular complexity index is 528. The number of piperidine rings is 1. The van der Waals surface area contributed by atoms with Gasteiger partial charge in [0.2, 0.25) is 5.91 Å². The van der Waals surface area contributed by atoms with Crippen molar-refractivity contribution in [3.05, 3.63) is 35.9 Å². The van der Waals surface area contributed by atoms with Crippen molar-refractivity contribution in [2.75, 3.05) is 33.3 Å². The number of nitrogens with zero attached hydrogens (tertiary/aromatic N) is 1. The van der Waals surface area contributed by atoms with Gasteiger partial charge >= 0.3 is 0 Å². The third-order valence-corrected chi connectivity index (χ3v) is 4.24. The Morgan fingerprint density at radius 2 is 2.26 bits per heavy atom. The summed E-state index contributed by atoms with van der Waals surface area (Å²) in [5.74, 6) is 1.53. The van der Waals surface area contributed by atoms with Crippen molar-refractivity contribution in [2.45, 2.75) is 26.2 Å². The topological polar surface area (TPSA) is 41.6 Å². The van der Waals surface area contributed by atoms with Crippen LogP contribution in [-0.4, -0.2) is 44.1 Å². The van der Waals surface area contributed by atoms with Crippen LogP contribution in [0.3, 0.4) is 0 Å². The minimum atomic E-state index is -0.0529. The number of ether oxygens (including phenoxy) is 1. The second-order valence-electron chi connectivity index (χ2n) is 6.27. The normalized spacial score (nSPS) is 19.0. The first-order chi connectivity index (χ1) is 11.2. The zero-order chi connectivity index (χ0) is 16.5. The lowest BCUT2D eigenvalue weighted by atomic mass is 10.0. The number of amides is 1. The summed E-state index contributed by atoms with van der Waals surface area (Å²) in [6.45, 7) is 6.51. The van der Waals surface area contributed by atoms with Gasteiger partial charge in [-0.15, -0.1) is 0 Å². The number of hydrogen-bond donors (Lipinski definition) is 1. The first-order valence-electron chi connectivity index (χ1n) is 8.50. The molecule has 0 aromatic heterocycles. The number of likely N-dealkylation sites (tertiary alicyclic amines) is 1. The molecule has 4 heteroatoms. The molecule has 1 saturated heterocycles. The standard InChI is InChI=1S/C19H28N2O2/c1-16-7-5-13-21(15-16)14-6-12-20-19(22)11-10-17-8-3-4-9-18(17)23-2/h3-4,8-11,16H,5-7,12-15H2,1-2H3,(H,20,22)/b11-10+. The maximum Gasteiger partial charge on any atom is 0.244 e. The molecule has 1 aromatic rings. The number of methoxy groups -OCH3 is 1. The SMILES string of the molecule is COc1ccccc1/C=C/C(=O)NCCCN1CCCC(C)C1. The highest BCUT2D eigenvalue weighted by Gasteiger charge is 2.15. The Balaban J connectivity index is 1.67. The number of carbonyl (C=O) groups excluding carboxylic acids is 1. The molecule has 1 amide bonds. The van der Waals surface area contributed by atoms with Gasteiger partial charge in [0.05, 0.1) is 7.11 Å². The van der Waals surface area contributed by atoms with Crippen molar-refractivity contribution < 1.29 is 9.53 Å². The highest BCUT2D eigenvalue weighted by atomic mass is 16.5. The van der Waals surface area contributed by atoms with Crippen LogP contribution >= 0.6 is 0 Å². The van der Waals surface area contributed by atoms with Gasteiger partial charge in [-0.25, -0.2) is 0 Å². The predicted molar refractivity (Wildman–Crippen MR) is 94.5 cm³/mol. The molecule has 0 radical (unpaired) electrons. The number of para-hydroxylation sites is 1. The van der Waals surface area contributed by atoms with Crippen molar-refractivity contribution in [3.8, 4) is 5.75 Å². The van der Waals surface area contributed by atoms with E-state index < -0.39 is 0 Å². The van der Waals surface area contributed by atoms with Gasteiger partial charge in [0, 0.05) is 24.7 Å². The maximum absolute atomic E-state index is 11.9. The van der Waals surface area contributed by atoms with Crippen molar-refractivity contribution in [3.63, 3.8) is 0 Å². The average molecular weight is 316 g/mol. The Morgan fingerprint density at radius 3 is 3.04 bits per heavy atom. The molecule has 126 valence electrons. The van der Waals surface area contributed by atoms with Crippen LogP contribution in [0.15, 0.2) is 30.3 Å². The number of rotatable bonds is 7. The van der Waals surface area contributed by atoms with Gasteiger partial charge in [0.1, 0.15) is 5.75 Å². The molecule has 4 nitrogen and oxygen atoms in total. The highest BCUT2D eigenvalue weighted by Crippen LogP contribution is 2.18. The lowest BCUT2D eigenvalue weighted by molar-refractivity contribution is -0.116. The van der Waals surface area contributed by atoms with Crippen molar-refractivity contribution in [2.24, 2.45) is 5.92 Å². The molecule has 0 aliphatic carbocycles. The zero-order valence-corrected chi connectivity index (χ0v) is 14.3. The van der Waals surface area contributed by atoms with E-state index in [0.717, 1.165) is 36.7 Å². The molecule has 1 fully saturated rings. The maximum atomic E-state index is 11.9. The van der Waals surface area contributed by atoms with Crippen LogP contribution in [0.4, 0.5) is 0 Å². The van der Waals surface area contributed by atoms with Crippen LogP contribution in [0.25, 0.3) is 6.08 Å². The molecule has 0 saturated carbocycles. The van der Waals surface area contributed by atoms with Gasteiger partial charge in [0.25, 0.3) is 0 Å². The van der Waals surface area contributed by atoms with Crippen LogP contribution in [-0.2, 0) is 4.79 Å². The fraction of sp³-hybridized carbons (Fsp3) is 0.526. The molecule has 0 bridgehead atoms. The van der Waals surface area contributed by atoms with E-state index in [1.54, 1.807) is 19.3 Å². The summed E-state index contributed by atoms with van der Waals surface area (Å²) in [6, 6.07) is 7.66. The quantitative estimate of drug-likeness (QED) is 0.621. The molecule has 1 heterocycles. The average Bonchev–Trinajstić information content (AvgIpc) is 2.57. The summed E-state index contributed by atoms with van der Waals surface area (Å²) in [5, 5.41) is 2.95. The van der Waals surface area contributed by atoms with Gasteiger partial charge < -0.3 is 15.0 Å². The molecule has 1 aliphatic heterocycles. The summed E-state index contributed by atoms with van der Waals surface area (Å²) >= 11 is 0. The summed E-state index contributed by atoms with van der Waals surface area (Å²) in [6.07, 6.45) is 7.01. The van der Waals surface area contributed by atoms with Gasteiger partial charge in [-0.3, -0.25) is 4.79 Å². The van der Waals surface area contributed by atoms with E-state index in [1.807, 2.05) is 24.3 Å². The zero-order valence-electron chi connectivity index (χ0n) is 14.3. The Hall–Kier alpha value is -1.81. The molecule has 23 heavy (non-hydrogen) atoms. The van der Waals surface area contributed by atoms with Crippen molar-refractivity contribution in [1.29, 1.82) is 0 Å². The molecule has 0 spiro atoms. The first kappa shape index (κ1) is 17.5. The smallest absolute Gasteiger partial charge is 0.244 e. The second-order valence-corrected chi connectivity index (χ2v) is 6.27. The largest absolute Gasteiger partial charge is 0.496 e. The van der Waals surface area contributed by atoms with Crippen LogP contribution < -0.4 is 10.1 Å². The predicted octanol–water partition coefficient (Wildman–Crippen LogP) is 2.95. The van der Waals surface area contributed by atoms with E-state index in [9.17, 15) is 4.79 Å². The fourth-order valence-corrected chi connectivity index (χ4v) is 3.03. The van der Waals surface area contributed by atoms with Gasteiger partial charge in [-0.05, 0) is 50.4 Å². The summed E-state index contributed by atoms with van der Waals surface area (Å²) in [4.78, 5) is 14.4. The Labute approximate surface area is 139 Å². The number of nitrogens with one attached hydrogen (secondary N) is 1. The van der Waals surface area contributed by atoms with Gasteiger partial charge in [-0.1, -0.05) is 25.1 Å². The van der Waals surface area contributed by atoms with Gasteiger partial charge in [0.15, 0.2) is 0 Å². The second kappa shape index (κ2) is 9.36. The van der Waals surface area contributed by atoms with Crippen molar-refractivity contribution >= 4 is 12.0 Å². The van der Waals surface area contributed by atoms with E-state index in [1.165, 1.54) is 25.9 Å². The van der Waals surface area contributed by atoms with E-state index in [-0.39, 0.29) is 5.91 Å². The highest BCUT2D eigenvalue weighted by molar-refractivity contribution is 5.92. The van der Waals surface area contributed by atoms with Crippen LogP contribution in [0, 0.1) is 5.92 Å². The molecule has 1 N–H and O–H groups in total. The monoisotopic (exact) mass is 316 g/mol. The lowest BCUT2D eigenvalue weighted by Crippen LogP contribution is -2.36. The van der Waals surface area contributed by atoms with Crippen LogP contribution in [0.2, 0.25) is 0 Å². The summed E-state index contributed by atoms with van der Waals surface area (Å²) < 4.78 is 5.26. The van der Waals surface area contributed by atoms with E-state index >= 15 is 0 Å². The molecule has 1 unspecified atom stereocenters. The van der Waals surface area contributed by atoms with E-state index in [4.69, 9.17) is 4.74 Å². The summed E-state index contributed by atoms with van der Waals surface area (Å²) in [7, 11) is 1.63. The number of hydrogen-bond acceptors (Lipinski definition) is 3. The first-order valence-corrected chi connectivity index (χ1v) is 8.50. The van der Waals surface area contributed by atoms with Crippen LogP contribution in [0.1, 0.15) is 31.7 Å². The van der Waals surface area contributed by atoms with Gasteiger partial charge in [-0.2, -0.15) is 0 Å². The molecular weight excluding hydrogens is 288 g/mol. The number of benzene rings is 1. The molecule has 1 atom stereocenters. The fourth-order valence-electron chi connectivity index (χ4n) is 3.03. The minimum Gasteiger partial charge on any atom is -0.496 e.